The molecule has 0 aliphatic heterocycles. The Labute approximate surface area is 82.9 Å². The molecule has 14 heavy (non-hydrogen) atoms. The third kappa shape index (κ3) is 1.96. The SMILES string of the molecule is CCN(C)c1ccc(N)c(C(=O)O)c1. The molecule has 1 aromatic rings. The molecule has 1 rings (SSSR count). The number of carbonyl (C=O) groups is 1. The molecule has 1 aromatic carbocycles. The molecule has 0 heterocycles. The fraction of sp³-hybridized carbons (Fsp3) is 0.300. The van der Waals surface area contributed by atoms with E-state index >= 15 is 0 Å². The summed E-state index contributed by atoms with van der Waals surface area (Å²) < 4.78 is 0. The van der Waals surface area contributed by atoms with E-state index in [1.807, 2.05) is 24.9 Å². The van der Waals surface area contributed by atoms with E-state index in [2.05, 4.69) is 0 Å². The Morgan fingerprint density at radius 2 is 2.21 bits per heavy atom. The molecule has 0 aliphatic carbocycles. The van der Waals surface area contributed by atoms with Crippen LogP contribution in [0, 0.1) is 0 Å². The predicted molar refractivity (Wildman–Crippen MR) is 56.8 cm³/mol. The summed E-state index contributed by atoms with van der Waals surface area (Å²) >= 11 is 0. The molecule has 0 aromatic heterocycles. The van der Waals surface area contributed by atoms with Crippen LogP contribution in [0.2, 0.25) is 0 Å². The van der Waals surface area contributed by atoms with Crippen LogP contribution in [0.4, 0.5) is 11.4 Å². The number of carboxylic acid groups (broad SMARTS) is 1. The van der Waals surface area contributed by atoms with Gasteiger partial charge >= 0.3 is 5.97 Å². The average molecular weight is 194 g/mol. The second-order valence-corrected chi connectivity index (χ2v) is 3.09. The first-order chi connectivity index (χ1) is 6.56. The number of hydrogen-bond acceptors (Lipinski definition) is 3. The number of nitrogens with two attached hydrogens (primary N) is 1. The van der Waals surface area contributed by atoms with Crippen molar-refractivity contribution in [2.45, 2.75) is 6.92 Å². The Balaban J connectivity index is 3.12. The first-order valence-electron chi connectivity index (χ1n) is 4.40. The van der Waals surface area contributed by atoms with Crippen molar-refractivity contribution >= 4 is 17.3 Å². The molecule has 0 unspecified atom stereocenters. The molecule has 76 valence electrons. The van der Waals surface area contributed by atoms with Crippen molar-refractivity contribution in [1.82, 2.24) is 0 Å². The molecule has 0 amide bonds. The highest BCUT2D eigenvalue weighted by atomic mass is 16.4. The van der Waals surface area contributed by atoms with Crippen LogP contribution in [0.1, 0.15) is 17.3 Å². The van der Waals surface area contributed by atoms with E-state index in [9.17, 15) is 4.79 Å². The van der Waals surface area contributed by atoms with Crippen LogP contribution >= 0.6 is 0 Å². The van der Waals surface area contributed by atoms with Crippen LogP contribution in [-0.2, 0) is 0 Å². The van der Waals surface area contributed by atoms with Crippen molar-refractivity contribution in [3.05, 3.63) is 23.8 Å². The van der Waals surface area contributed by atoms with E-state index in [0.29, 0.717) is 5.69 Å². The Hall–Kier alpha value is -1.71. The van der Waals surface area contributed by atoms with E-state index in [0.717, 1.165) is 12.2 Å². The Morgan fingerprint density at radius 1 is 1.57 bits per heavy atom. The fourth-order valence-electron chi connectivity index (χ4n) is 1.15. The highest BCUT2D eigenvalue weighted by Crippen LogP contribution is 2.20. The van der Waals surface area contributed by atoms with Crippen LogP contribution in [-0.4, -0.2) is 24.7 Å². The van der Waals surface area contributed by atoms with Crippen LogP contribution in [0.3, 0.4) is 0 Å². The number of nitrogen functional groups attached to an aromatic ring is 1. The number of benzene rings is 1. The molecule has 3 N–H and O–H groups in total. The van der Waals surface area contributed by atoms with Crippen LogP contribution in [0.25, 0.3) is 0 Å². The molecule has 0 fully saturated rings. The fourth-order valence-corrected chi connectivity index (χ4v) is 1.15. The zero-order chi connectivity index (χ0) is 10.7. The third-order valence-corrected chi connectivity index (χ3v) is 2.18. The van der Waals surface area contributed by atoms with Crippen LogP contribution < -0.4 is 10.6 Å². The molecule has 0 atom stereocenters. The van der Waals surface area contributed by atoms with Crippen molar-refractivity contribution in [3.8, 4) is 0 Å². The Kier molecular flexibility index (Phi) is 2.96. The summed E-state index contributed by atoms with van der Waals surface area (Å²) in [7, 11) is 1.90. The second-order valence-electron chi connectivity index (χ2n) is 3.09. The van der Waals surface area contributed by atoms with Crippen molar-refractivity contribution in [2.75, 3.05) is 24.2 Å². The minimum absolute atomic E-state index is 0.155. The van der Waals surface area contributed by atoms with Gasteiger partial charge in [0.15, 0.2) is 0 Å². The first kappa shape index (κ1) is 10.4. The largest absolute Gasteiger partial charge is 0.478 e. The lowest BCUT2D eigenvalue weighted by Gasteiger charge is -2.17. The molecular formula is C10H14N2O2. The van der Waals surface area contributed by atoms with Crippen LogP contribution in [0.5, 0.6) is 0 Å². The van der Waals surface area contributed by atoms with Gasteiger partial charge in [0.25, 0.3) is 0 Å². The molecule has 0 saturated heterocycles. The number of nitrogens with zero attached hydrogens (tertiary/aromatic N) is 1. The van der Waals surface area contributed by atoms with Gasteiger partial charge < -0.3 is 15.7 Å². The lowest BCUT2D eigenvalue weighted by atomic mass is 10.1. The summed E-state index contributed by atoms with van der Waals surface area (Å²) in [4.78, 5) is 12.7. The Bertz CT molecular complexity index is 350. The van der Waals surface area contributed by atoms with Gasteiger partial charge in [0.05, 0.1) is 5.56 Å². The molecular weight excluding hydrogens is 180 g/mol. The third-order valence-electron chi connectivity index (χ3n) is 2.18. The molecule has 4 nitrogen and oxygen atoms in total. The predicted octanol–water partition coefficient (Wildman–Crippen LogP) is 1.42. The van der Waals surface area contributed by atoms with E-state index in [1.54, 1.807) is 12.1 Å². The molecule has 0 bridgehead atoms. The van der Waals surface area contributed by atoms with Gasteiger partial charge in [-0.2, -0.15) is 0 Å². The van der Waals surface area contributed by atoms with Crippen LogP contribution in [0.15, 0.2) is 18.2 Å². The van der Waals surface area contributed by atoms with Gasteiger partial charge in [0, 0.05) is 25.0 Å². The summed E-state index contributed by atoms with van der Waals surface area (Å²) in [6.07, 6.45) is 0. The van der Waals surface area contributed by atoms with E-state index in [1.165, 1.54) is 0 Å². The second kappa shape index (κ2) is 4.00. The normalized spacial score (nSPS) is 9.86. The minimum Gasteiger partial charge on any atom is -0.478 e. The summed E-state index contributed by atoms with van der Waals surface area (Å²) in [6.45, 7) is 2.82. The number of rotatable bonds is 3. The number of anilines is 2. The minimum atomic E-state index is -0.992. The molecule has 0 aliphatic rings. The maximum absolute atomic E-state index is 10.8. The molecule has 0 spiro atoms. The first-order valence-corrected chi connectivity index (χ1v) is 4.40. The number of carboxylic acids is 1. The quantitative estimate of drug-likeness (QED) is 0.714. The van der Waals surface area contributed by atoms with Crippen molar-refractivity contribution in [2.24, 2.45) is 0 Å². The topological polar surface area (TPSA) is 66.6 Å². The zero-order valence-corrected chi connectivity index (χ0v) is 8.32. The number of aromatic carboxylic acids is 1. The maximum Gasteiger partial charge on any atom is 0.337 e. The summed E-state index contributed by atoms with van der Waals surface area (Å²) in [5.41, 5.74) is 6.85. The Morgan fingerprint density at radius 3 is 2.71 bits per heavy atom. The lowest BCUT2D eigenvalue weighted by Crippen LogP contribution is -2.16. The van der Waals surface area contributed by atoms with Gasteiger partial charge in [-0.1, -0.05) is 0 Å². The van der Waals surface area contributed by atoms with Crippen molar-refractivity contribution in [3.63, 3.8) is 0 Å². The number of hydrogen-bond donors (Lipinski definition) is 2. The van der Waals surface area contributed by atoms with E-state index in [4.69, 9.17) is 10.8 Å². The monoisotopic (exact) mass is 194 g/mol. The smallest absolute Gasteiger partial charge is 0.337 e. The zero-order valence-electron chi connectivity index (χ0n) is 8.32. The summed E-state index contributed by atoms with van der Waals surface area (Å²) in [6, 6.07) is 5.01. The summed E-state index contributed by atoms with van der Waals surface area (Å²) in [5.74, 6) is -0.992. The van der Waals surface area contributed by atoms with E-state index in [-0.39, 0.29) is 5.56 Å². The van der Waals surface area contributed by atoms with Gasteiger partial charge in [0.1, 0.15) is 0 Å². The molecule has 4 heteroatoms. The lowest BCUT2D eigenvalue weighted by molar-refractivity contribution is 0.0698. The van der Waals surface area contributed by atoms with Crippen molar-refractivity contribution < 1.29 is 9.90 Å². The van der Waals surface area contributed by atoms with Gasteiger partial charge in [-0.25, -0.2) is 4.79 Å². The van der Waals surface area contributed by atoms with E-state index < -0.39 is 5.97 Å². The highest BCUT2D eigenvalue weighted by molar-refractivity contribution is 5.94. The molecule has 0 radical (unpaired) electrons. The highest BCUT2D eigenvalue weighted by Gasteiger charge is 2.09. The van der Waals surface area contributed by atoms with Crippen molar-refractivity contribution in [1.29, 1.82) is 0 Å². The standard InChI is InChI=1S/C10H14N2O2/c1-3-12(2)7-4-5-9(11)8(6-7)10(13)14/h4-6H,3,11H2,1-2H3,(H,13,14). The van der Waals surface area contributed by atoms with Gasteiger partial charge in [0.2, 0.25) is 0 Å². The van der Waals surface area contributed by atoms with Gasteiger partial charge in [-0.05, 0) is 25.1 Å². The average Bonchev–Trinajstić information content (AvgIpc) is 2.17. The van der Waals surface area contributed by atoms with Gasteiger partial charge in [-0.3, -0.25) is 0 Å². The van der Waals surface area contributed by atoms with Gasteiger partial charge in [-0.15, -0.1) is 0 Å². The molecule has 0 saturated carbocycles. The maximum atomic E-state index is 10.8. The summed E-state index contributed by atoms with van der Waals surface area (Å²) in [5, 5.41) is 8.85.